The summed E-state index contributed by atoms with van der Waals surface area (Å²) >= 11 is 2.52. The molecule has 2 nitrogen and oxygen atoms in total. The van der Waals surface area contributed by atoms with E-state index in [-0.39, 0.29) is 0 Å². The van der Waals surface area contributed by atoms with Crippen molar-refractivity contribution in [3.8, 4) is 0 Å². The third kappa shape index (κ3) is 3.57. The Labute approximate surface area is 149 Å². The molecule has 0 bridgehead atoms. The second-order valence-electron chi connectivity index (χ2n) is 5.47. The highest BCUT2D eigenvalue weighted by molar-refractivity contribution is 9.10. The first-order valence-corrected chi connectivity index (χ1v) is 7.35. The molecule has 1 saturated heterocycles. The maximum Gasteiger partial charge on any atom is 0.460 e. The molecule has 0 aromatic heterocycles. The standard InChI is InChI=1S/C11H6BrF13O2/c12-4-1-3(27-5(4)26)2-6(13,14)7(15,16)8(17,18)9(19,20)10(21,22)11(23,24)25/h3-4H,1-2H2. The number of esters is 1. The summed E-state index contributed by atoms with van der Waals surface area (Å²) < 4.78 is 171. The number of carbonyl (C=O) groups is 1. The molecule has 0 saturated carbocycles. The summed E-state index contributed by atoms with van der Waals surface area (Å²) in [5.74, 6) is -38.4. The van der Waals surface area contributed by atoms with Gasteiger partial charge >= 0.3 is 41.8 Å². The topological polar surface area (TPSA) is 26.3 Å². The number of rotatable bonds is 6. The summed E-state index contributed by atoms with van der Waals surface area (Å²) in [6.07, 6.45) is -13.0. The maximum atomic E-state index is 13.5. The number of hydrogen-bond donors (Lipinski definition) is 0. The van der Waals surface area contributed by atoms with Crippen molar-refractivity contribution >= 4 is 21.9 Å². The average molecular weight is 497 g/mol. The normalized spacial score (nSPS) is 23.6. The molecular formula is C11H6BrF13O2. The highest BCUT2D eigenvalue weighted by Gasteiger charge is 2.90. The third-order valence-electron chi connectivity index (χ3n) is 3.49. The highest BCUT2D eigenvalue weighted by Crippen LogP contribution is 2.61. The van der Waals surface area contributed by atoms with Crippen molar-refractivity contribution in [2.24, 2.45) is 0 Å². The third-order valence-corrected chi connectivity index (χ3v) is 4.24. The van der Waals surface area contributed by atoms with Crippen LogP contribution in [0.2, 0.25) is 0 Å². The fourth-order valence-electron chi connectivity index (χ4n) is 1.95. The molecule has 0 amide bonds. The van der Waals surface area contributed by atoms with Crippen LogP contribution in [0.3, 0.4) is 0 Å². The molecule has 1 rings (SSSR count). The second kappa shape index (κ2) is 6.54. The summed E-state index contributed by atoms with van der Waals surface area (Å²) in [6.45, 7) is 0. The van der Waals surface area contributed by atoms with Gasteiger partial charge in [-0.1, -0.05) is 15.9 Å². The van der Waals surface area contributed by atoms with Crippen molar-refractivity contribution in [3.63, 3.8) is 0 Å². The zero-order valence-electron chi connectivity index (χ0n) is 12.2. The Kier molecular flexibility index (Phi) is 5.83. The molecule has 16 heteroatoms. The monoisotopic (exact) mass is 496 g/mol. The predicted molar refractivity (Wildman–Crippen MR) is 62.6 cm³/mol. The molecule has 0 spiro atoms. The van der Waals surface area contributed by atoms with Gasteiger partial charge in [-0.05, 0) is 0 Å². The van der Waals surface area contributed by atoms with E-state index in [4.69, 9.17) is 0 Å². The van der Waals surface area contributed by atoms with Gasteiger partial charge in [-0.15, -0.1) is 0 Å². The number of ether oxygens (including phenoxy) is 1. The Morgan fingerprint density at radius 3 is 1.52 bits per heavy atom. The molecule has 1 aliphatic rings. The Hall–Kier alpha value is -0.960. The molecule has 160 valence electrons. The molecule has 0 radical (unpaired) electrons. The van der Waals surface area contributed by atoms with Crippen molar-refractivity contribution in [1.29, 1.82) is 0 Å². The number of carbonyl (C=O) groups excluding carboxylic acids is 1. The molecule has 2 atom stereocenters. The smallest absolute Gasteiger partial charge is 0.460 e. The lowest BCUT2D eigenvalue weighted by atomic mass is 9.91. The summed E-state index contributed by atoms with van der Waals surface area (Å²) in [5.41, 5.74) is 0. The van der Waals surface area contributed by atoms with Crippen LogP contribution < -0.4 is 0 Å². The van der Waals surface area contributed by atoms with Gasteiger partial charge in [-0.3, -0.25) is 4.79 Å². The largest absolute Gasteiger partial charge is 0.461 e. The first-order chi connectivity index (χ1) is 11.6. The van der Waals surface area contributed by atoms with Gasteiger partial charge in [-0.25, -0.2) is 0 Å². The van der Waals surface area contributed by atoms with Crippen LogP contribution in [0.5, 0.6) is 0 Å². The molecular weight excluding hydrogens is 491 g/mol. The van der Waals surface area contributed by atoms with Gasteiger partial charge < -0.3 is 4.74 Å². The van der Waals surface area contributed by atoms with Crippen molar-refractivity contribution in [1.82, 2.24) is 0 Å². The molecule has 2 unspecified atom stereocenters. The van der Waals surface area contributed by atoms with E-state index in [1.807, 2.05) is 0 Å². The van der Waals surface area contributed by atoms with Crippen LogP contribution in [-0.2, 0) is 9.53 Å². The van der Waals surface area contributed by atoms with Crippen LogP contribution in [0.1, 0.15) is 12.8 Å². The number of alkyl halides is 14. The zero-order chi connectivity index (χ0) is 21.9. The minimum absolute atomic E-state index is 0.800. The minimum Gasteiger partial charge on any atom is -0.461 e. The van der Waals surface area contributed by atoms with Crippen LogP contribution in [0.15, 0.2) is 0 Å². The van der Waals surface area contributed by atoms with Gasteiger partial charge in [-0.2, -0.15) is 57.1 Å². The SMILES string of the molecule is O=C1OC(CC(F)(F)C(F)(F)C(F)(F)C(F)(F)C(F)(F)C(F)(F)F)CC1Br. The van der Waals surface area contributed by atoms with Gasteiger partial charge in [0.25, 0.3) is 0 Å². The van der Waals surface area contributed by atoms with Crippen molar-refractivity contribution in [2.45, 2.75) is 59.6 Å². The Morgan fingerprint density at radius 2 is 1.19 bits per heavy atom. The van der Waals surface area contributed by atoms with Gasteiger partial charge in [0, 0.05) is 6.42 Å². The first-order valence-electron chi connectivity index (χ1n) is 6.44. The number of hydrogen-bond acceptors (Lipinski definition) is 2. The van der Waals surface area contributed by atoms with E-state index in [9.17, 15) is 61.9 Å². The second-order valence-corrected chi connectivity index (χ2v) is 6.57. The molecule has 27 heavy (non-hydrogen) atoms. The minimum atomic E-state index is -7.94. The molecule has 1 heterocycles. The fraction of sp³-hybridized carbons (Fsp3) is 0.909. The van der Waals surface area contributed by atoms with E-state index in [2.05, 4.69) is 20.7 Å². The fourth-order valence-corrected chi connectivity index (χ4v) is 2.48. The summed E-state index contributed by atoms with van der Waals surface area (Å²) in [4.78, 5) is 9.59. The number of cyclic esters (lactones) is 1. The van der Waals surface area contributed by atoms with Gasteiger partial charge in [0.05, 0.1) is 6.42 Å². The maximum absolute atomic E-state index is 13.5. The molecule has 0 aromatic carbocycles. The van der Waals surface area contributed by atoms with Gasteiger partial charge in [0.15, 0.2) is 0 Å². The lowest BCUT2D eigenvalue weighted by Gasteiger charge is -2.40. The Morgan fingerprint density at radius 1 is 0.778 bits per heavy atom. The Bertz CT molecular complexity index is 585. The summed E-state index contributed by atoms with van der Waals surface area (Å²) in [5, 5.41) is 0. The van der Waals surface area contributed by atoms with Gasteiger partial charge in [0.2, 0.25) is 0 Å². The molecule has 0 N–H and O–H groups in total. The van der Waals surface area contributed by atoms with E-state index >= 15 is 0 Å². The zero-order valence-corrected chi connectivity index (χ0v) is 13.8. The molecule has 1 fully saturated rings. The van der Waals surface area contributed by atoms with Crippen molar-refractivity contribution < 1.29 is 66.6 Å². The van der Waals surface area contributed by atoms with Crippen molar-refractivity contribution in [3.05, 3.63) is 0 Å². The first kappa shape index (κ1) is 24.1. The lowest BCUT2D eigenvalue weighted by molar-refractivity contribution is -0.440. The van der Waals surface area contributed by atoms with E-state index < -0.39 is 65.5 Å². The van der Waals surface area contributed by atoms with Gasteiger partial charge in [0.1, 0.15) is 10.9 Å². The average Bonchev–Trinajstić information content (AvgIpc) is 2.74. The van der Waals surface area contributed by atoms with Crippen LogP contribution in [0.25, 0.3) is 0 Å². The predicted octanol–water partition coefficient (Wildman–Crippen LogP) is 5.19. The van der Waals surface area contributed by atoms with Crippen LogP contribution in [0.4, 0.5) is 57.1 Å². The molecule has 1 aliphatic heterocycles. The number of halogens is 14. The van der Waals surface area contributed by atoms with Crippen LogP contribution >= 0.6 is 15.9 Å². The highest BCUT2D eigenvalue weighted by atomic mass is 79.9. The lowest BCUT2D eigenvalue weighted by Crippen LogP contribution is -2.70. The van der Waals surface area contributed by atoms with Crippen molar-refractivity contribution in [2.75, 3.05) is 0 Å². The molecule has 0 aliphatic carbocycles. The van der Waals surface area contributed by atoms with Crippen LogP contribution in [-0.4, -0.2) is 52.7 Å². The quantitative estimate of drug-likeness (QED) is 0.287. The van der Waals surface area contributed by atoms with E-state index in [1.54, 1.807) is 0 Å². The summed E-state index contributed by atoms with van der Waals surface area (Å²) in [6, 6.07) is 0. The van der Waals surface area contributed by atoms with E-state index in [1.165, 1.54) is 0 Å². The molecule has 0 aromatic rings. The van der Waals surface area contributed by atoms with E-state index in [0.29, 0.717) is 0 Å². The summed E-state index contributed by atoms with van der Waals surface area (Å²) in [7, 11) is 0. The Balaban J connectivity index is 3.27. The van der Waals surface area contributed by atoms with E-state index in [0.717, 1.165) is 0 Å². The van der Waals surface area contributed by atoms with Crippen LogP contribution in [0, 0.1) is 0 Å².